The number of nitrogens with zero attached hydrogens (tertiary/aromatic N) is 1. The second-order valence-corrected chi connectivity index (χ2v) is 6.78. The van der Waals surface area contributed by atoms with Crippen molar-refractivity contribution in [1.29, 1.82) is 0 Å². The largest absolute Gasteiger partial charge is 0.492 e. The maximum Gasteiger partial charge on any atom is 0.246 e. The molecule has 0 radical (unpaired) electrons. The normalized spacial score (nSPS) is 12.5. The fraction of sp³-hybridized carbons (Fsp3) is 0.462. The molecule has 0 saturated heterocycles. The summed E-state index contributed by atoms with van der Waals surface area (Å²) in [6.07, 6.45) is 0. The van der Waals surface area contributed by atoms with Crippen LogP contribution in [0.3, 0.4) is 0 Å². The topological polar surface area (TPSA) is 102 Å². The van der Waals surface area contributed by atoms with Gasteiger partial charge in [0.2, 0.25) is 15.9 Å². The average Bonchev–Trinajstić information content (AvgIpc) is 2.40. The highest BCUT2D eigenvalue weighted by Gasteiger charge is 2.23. The summed E-state index contributed by atoms with van der Waals surface area (Å²) >= 11 is 0. The second kappa shape index (κ2) is 8.33. The highest BCUT2D eigenvalue weighted by Crippen LogP contribution is 2.29. The van der Waals surface area contributed by atoms with Crippen molar-refractivity contribution in [3.63, 3.8) is 0 Å². The Morgan fingerprint density at radius 3 is 2.45 bits per heavy atom. The van der Waals surface area contributed by atoms with E-state index in [-0.39, 0.29) is 23.1 Å². The molecule has 22 heavy (non-hydrogen) atoms. The van der Waals surface area contributed by atoms with Crippen molar-refractivity contribution >= 4 is 34.0 Å². The summed E-state index contributed by atoms with van der Waals surface area (Å²) in [6.45, 7) is 3.64. The van der Waals surface area contributed by atoms with Crippen LogP contribution in [0.15, 0.2) is 23.1 Å². The van der Waals surface area contributed by atoms with Crippen LogP contribution in [0, 0.1) is 0 Å². The zero-order valence-corrected chi connectivity index (χ0v) is 14.6. The van der Waals surface area contributed by atoms with Gasteiger partial charge in [0.1, 0.15) is 10.6 Å². The molecule has 1 amide bonds. The van der Waals surface area contributed by atoms with E-state index in [2.05, 4.69) is 5.32 Å². The van der Waals surface area contributed by atoms with Crippen LogP contribution in [-0.2, 0) is 14.8 Å². The van der Waals surface area contributed by atoms with Crippen LogP contribution in [0.1, 0.15) is 13.8 Å². The fourth-order valence-corrected chi connectivity index (χ4v) is 2.57. The first-order chi connectivity index (χ1) is 9.70. The van der Waals surface area contributed by atoms with E-state index in [9.17, 15) is 13.2 Å². The number of halogens is 1. The Balaban J connectivity index is 0.00000441. The smallest absolute Gasteiger partial charge is 0.246 e. The number of hydrogen-bond donors (Lipinski definition) is 2. The molecule has 3 N–H and O–H groups in total. The quantitative estimate of drug-likeness (QED) is 0.797. The summed E-state index contributed by atoms with van der Waals surface area (Å²) in [6, 6.07) is 3.75. The lowest BCUT2D eigenvalue weighted by Crippen LogP contribution is -2.32. The van der Waals surface area contributed by atoms with Crippen LogP contribution in [-0.4, -0.2) is 45.4 Å². The number of carbonyl (C=O) groups excluding carboxylic acids is 1. The minimum Gasteiger partial charge on any atom is -0.492 e. The monoisotopic (exact) mass is 351 g/mol. The number of hydrogen-bond acceptors (Lipinski definition) is 5. The van der Waals surface area contributed by atoms with Gasteiger partial charge in [-0.1, -0.05) is 0 Å². The van der Waals surface area contributed by atoms with E-state index in [0.717, 1.165) is 4.31 Å². The molecule has 0 spiro atoms. The van der Waals surface area contributed by atoms with Gasteiger partial charge in [0.15, 0.2) is 0 Å². The number of sulfonamides is 1. The van der Waals surface area contributed by atoms with Gasteiger partial charge in [0, 0.05) is 19.8 Å². The van der Waals surface area contributed by atoms with Crippen molar-refractivity contribution in [2.24, 2.45) is 5.73 Å². The van der Waals surface area contributed by atoms with Crippen LogP contribution >= 0.6 is 12.4 Å². The molecule has 0 fully saturated rings. The molecule has 0 aliphatic heterocycles. The van der Waals surface area contributed by atoms with Crippen molar-refractivity contribution in [2.45, 2.75) is 24.8 Å². The molecule has 1 unspecified atom stereocenters. The Morgan fingerprint density at radius 2 is 2.00 bits per heavy atom. The van der Waals surface area contributed by atoms with Crippen molar-refractivity contribution in [1.82, 2.24) is 4.31 Å². The van der Waals surface area contributed by atoms with Gasteiger partial charge in [-0.25, -0.2) is 12.7 Å². The third-order valence-electron chi connectivity index (χ3n) is 2.68. The van der Waals surface area contributed by atoms with E-state index in [4.69, 9.17) is 10.5 Å². The lowest BCUT2D eigenvalue weighted by molar-refractivity contribution is -0.117. The zero-order chi connectivity index (χ0) is 16.2. The van der Waals surface area contributed by atoms with Crippen molar-refractivity contribution in [3.8, 4) is 5.75 Å². The number of anilines is 1. The van der Waals surface area contributed by atoms with Gasteiger partial charge in [0.05, 0.1) is 12.6 Å². The van der Waals surface area contributed by atoms with E-state index in [1.807, 2.05) is 0 Å². The Morgan fingerprint density at radius 1 is 1.41 bits per heavy atom. The number of ether oxygens (including phenoxy) is 1. The maximum absolute atomic E-state index is 12.3. The third kappa shape index (κ3) is 4.84. The molecule has 1 aromatic rings. The zero-order valence-electron chi connectivity index (χ0n) is 13.0. The number of carbonyl (C=O) groups is 1. The highest BCUT2D eigenvalue weighted by molar-refractivity contribution is 7.89. The molecule has 0 aromatic heterocycles. The molecule has 1 rings (SSSR count). The molecule has 0 heterocycles. The van der Waals surface area contributed by atoms with Gasteiger partial charge < -0.3 is 15.8 Å². The van der Waals surface area contributed by atoms with E-state index >= 15 is 0 Å². The maximum atomic E-state index is 12.3. The minimum atomic E-state index is -3.68. The summed E-state index contributed by atoms with van der Waals surface area (Å²) in [5, 5.41) is 2.56. The third-order valence-corrected chi connectivity index (χ3v) is 4.52. The molecule has 0 aliphatic carbocycles. The molecule has 0 aliphatic rings. The van der Waals surface area contributed by atoms with Gasteiger partial charge in [0.25, 0.3) is 0 Å². The van der Waals surface area contributed by atoms with Gasteiger partial charge in [-0.3, -0.25) is 4.79 Å². The first kappa shape index (κ1) is 20.6. The number of nitrogens with two attached hydrogens (primary N) is 1. The molecule has 9 heteroatoms. The SMILES string of the molecule is CCOc1ccc(NC(=O)C(C)N)cc1S(=O)(=O)N(C)C.Cl. The standard InChI is InChI=1S/C13H21N3O4S.ClH/c1-5-20-11-7-6-10(15-13(17)9(2)14)8-12(11)21(18,19)16(3)4;/h6-9H,5,14H2,1-4H3,(H,15,17);1H. The molecule has 126 valence electrons. The molecule has 7 nitrogen and oxygen atoms in total. The molecular formula is C13H22ClN3O4S. The van der Waals surface area contributed by atoms with Crippen LogP contribution < -0.4 is 15.8 Å². The van der Waals surface area contributed by atoms with Gasteiger partial charge in [-0.2, -0.15) is 0 Å². The average molecular weight is 352 g/mol. The number of amides is 1. The Hall–Kier alpha value is -1.35. The molecule has 1 aromatic carbocycles. The predicted octanol–water partition coefficient (Wildman–Crippen LogP) is 1.04. The Labute approximate surface area is 137 Å². The first-order valence-electron chi connectivity index (χ1n) is 6.46. The van der Waals surface area contributed by atoms with Crippen LogP contribution in [0.4, 0.5) is 5.69 Å². The fourth-order valence-electron chi connectivity index (χ4n) is 1.51. The minimum absolute atomic E-state index is 0. The molecule has 0 saturated carbocycles. The van der Waals surface area contributed by atoms with E-state index in [0.29, 0.717) is 12.3 Å². The molecular weight excluding hydrogens is 330 g/mol. The summed E-state index contributed by atoms with van der Waals surface area (Å²) in [5.74, 6) is -0.155. The number of nitrogens with one attached hydrogen (secondary N) is 1. The van der Waals surface area contributed by atoms with Crippen LogP contribution in [0.25, 0.3) is 0 Å². The van der Waals surface area contributed by atoms with Crippen LogP contribution in [0.5, 0.6) is 5.75 Å². The van der Waals surface area contributed by atoms with E-state index in [1.54, 1.807) is 19.9 Å². The summed E-state index contributed by atoms with van der Waals surface area (Å²) in [7, 11) is -0.825. The van der Waals surface area contributed by atoms with Crippen molar-refractivity contribution in [2.75, 3.05) is 26.0 Å². The molecule has 1 atom stereocenters. The van der Waals surface area contributed by atoms with Gasteiger partial charge in [-0.05, 0) is 32.0 Å². The van der Waals surface area contributed by atoms with Crippen molar-refractivity contribution in [3.05, 3.63) is 18.2 Å². The lowest BCUT2D eigenvalue weighted by atomic mass is 10.2. The van der Waals surface area contributed by atoms with Crippen molar-refractivity contribution < 1.29 is 17.9 Å². The highest BCUT2D eigenvalue weighted by atomic mass is 35.5. The lowest BCUT2D eigenvalue weighted by Gasteiger charge is -2.17. The second-order valence-electron chi connectivity index (χ2n) is 4.66. The number of benzene rings is 1. The Bertz CT molecular complexity index is 618. The predicted molar refractivity (Wildman–Crippen MR) is 88.0 cm³/mol. The summed E-state index contributed by atoms with van der Waals surface area (Å²) < 4.78 is 31.0. The first-order valence-corrected chi connectivity index (χ1v) is 7.90. The van der Waals surface area contributed by atoms with Crippen LogP contribution in [0.2, 0.25) is 0 Å². The molecule has 0 bridgehead atoms. The van der Waals surface area contributed by atoms with Gasteiger partial charge in [-0.15, -0.1) is 12.4 Å². The Kier molecular flexibility index (Phi) is 7.82. The summed E-state index contributed by atoms with van der Waals surface area (Å²) in [4.78, 5) is 11.6. The summed E-state index contributed by atoms with van der Waals surface area (Å²) in [5.41, 5.74) is 5.82. The van der Waals surface area contributed by atoms with E-state index < -0.39 is 22.0 Å². The van der Waals surface area contributed by atoms with Gasteiger partial charge >= 0.3 is 0 Å². The number of rotatable bonds is 6. The van der Waals surface area contributed by atoms with E-state index in [1.165, 1.54) is 26.2 Å².